The Hall–Kier alpha value is -0.810. The number of nitrogens with zero attached hydrogens (tertiary/aromatic N) is 2. The monoisotopic (exact) mass is 246 g/mol. The van der Waals surface area contributed by atoms with E-state index in [2.05, 4.69) is 4.98 Å². The van der Waals surface area contributed by atoms with Crippen molar-refractivity contribution in [3.8, 4) is 0 Å². The molecule has 15 heavy (non-hydrogen) atoms. The van der Waals surface area contributed by atoms with Crippen molar-refractivity contribution in [3.63, 3.8) is 0 Å². The highest BCUT2D eigenvalue weighted by molar-refractivity contribution is 7.14. The number of anilines is 1. The molecule has 1 aromatic rings. The number of thiazole rings is 1. The molecule has 1 N–H and O–H groups in total. The zero-order valence-corrected chi connectivity index (χ0v) is 9.59. The minimum absolute atomic E-state index is 0.0738. The molecule has 1 aromatic heterocycles. The molecule has 0 spiro atoms. The van der Waals surface area contributed by atoms with Gasteiger partial charge < -0.3 is 10.0 Å². The van der Waals surface area contributed by atoms with E-state index in [4.69, 9.17) is 16.7 Å². The standard InChI is InChI=1S/C9H11ClN2O2S/c10-7-5-15-9(11-7)12-3-1-2-6(12)4-8(13)14/h5-6H,1-4H2,(H,13,14). The molecule has 1 aliphatic rings. The van der Waals surface area contributed by atoms with E-state index in [1.54, 1.807) is 5.38 Å². The van der Waals surface area contributed by atoms with E-state index in [0.29, 0.717) is 5.15 Å². The maximum absolute atomic E-state index is 10.7. The summed E-state index contributed by atoms with van der Waals surface area (Å²) in [6, 6.07) is 0.0738. The number of halogens is 1. The molecule has 0 bridgehead atoms. The second-order valence-electron chi connectivity index (χ2n) is 3.54. The van der Waals surface area contributed by atoms with Crippen molar-refractivity contribution in [1.29, 1.82) is 0 Å². The Kier molecular flexibility index (Phi) is 3.11. The second-order valence-corrected chi connectivity index (χ2v) is 4.76. The highest BCUT2D eigenvalue weighted by Gasteiger charge is 2.28. The Bertz CT molecular complexity index is 369. The lowest BCUT2D eigenvalue weighted by molar-refractivity contribution is -0.137. The molecule has 82 valence electrons. The molecule has 0 aromatic carbocycles. The summed E-state index contributed by atoms with van der Waals surface area (Å²) < 4.78 is 0. The molecule has 2 rings (SSSR count). The Labute approximate surface area is 96.5 Å². The van der Waals surface area contributed by atoms with Gasteiger partial charge in [-0.15, -0.1) is 11.3 Å². The maximum atomic E-state index is 10.7. The Morgan fingerprint density at radius 3 is 3.20 bits per heavy atom. The van der Waals surface area contributed by atoms with Crippen LogP contribution in [0.3, 0.4) is 0 Å². The third kappa shape index (κ3) is 2.41. The minimum Gasteiger partial charge on any atom is -0.481 e. The summed E-state index contributed by atoms with van der Waals surface area (Å²) in [5.41, 5.74) is 0. The maximum Gasteiger partial charge on any atom is 0.305 e. The van der Waals surface area contributed by atoms with Crippen LogP contribution in [0.4, 0.5) is 5.13 Å². The number of carbonyl (C=O) groups is 1. The van der Waals surface area contributed by atoms with Gasteiger partial charge in [-0.3, -0.25) is 4.79 Å². The lowest BCUT2D eigenvalue weighted by Gasteiger charge is -2.22. The second kappa shape index (κ2) is 4.37. The van der Waals surface area contributed by atoms with Crippen LogP contribution in [0.5, 0.6) is 0 Å². The average molecular weight is 247 g/mol. The van der Waals surface area contributed by atoms with Gasteiger partial charge >= 0.3 is 5.97 Å². The van der Waals surface area contributed by atoms with Gasteiger partial charge in [0.05, 0.1) is 6.42 Å². The first-order valence-corrected chi connectivity index (χ1v) is 6.02. The zero-order chi connectivity index (χ0) is 10.8. The van der Waals surface area contributed by atoms with E-state index in [1.807, 2.05) is 4.90 Å². The van der Waals surface area contributed by atoms with Gasteiger partial charge in [-0.05, 0) is 12.8 Å². The van der Waals surface area contributed by atoms with Gasteiger partial charge in [0, 0.05) is 18.0 Å². The number of carboxylic acids is 1. The van der Waals surface area contributed by atoms with Gasteiger partial charge in [-0.2, -0.15) is 0 Å². The Balaban J connectivity index is 2.10. The van der Waals surface area contributed by atoms with E-state index in [0.717, 1.165) is 24.5 Å². The van der Waals surface area contributed by atoms with Gasteiger partial charge in [0.15, 0.2) is 5.13 Å². The number of aliphatic carboxylic acids is 1. The molecule has 1 aliphatic heterocycles. The van der Waals surface area contributed by atoms with E-state index >= 15 is 0 Å². The van der Waals surface area contributed by atoms with Crippen molar-refractivity contribution in [2.24, 2.45) is 0 Å². The molecule has 0 saturated carbocycles. The van der Waals surface area contributed by atoms with Crippen molar-refractivity contribution in [2.45, 2.75) is 25.3 Å². The molecule has 4 nitrogen and oxygen atoms in total. The van der Waals surface area contributed by atoms with Crippen LogP contribution in [-0.4, -0.2) is 28.6 Å². The first-order valence-electron chi connectivity index (χ1n) is 4.76. The molecule has 1 fully saturated rings. The predicted octanol–water partition coefficient (Wildman–Crippen LogP) is 2.24. The fraction of sp³-hybridized carbons (Fsp3) is 0.556. The molecular weight excluding hydrogens is 236 g/mol. The van der Waals surface area contributed by atoms with Crippen LogP contribution in [0.25, 0.3) is 0 Å². The smallest absolute Gasteiger partial charge is 0.305 e. The molecule has 0 amide bonds. The topological polar surface area (TPSA) is 53.4 Å². The van der Waals surface area contributed by atoms with E-state index in [1.165, 1.54) is 11.3 Å². The zero-order valence-electron chi connectivity index (χ0n) is 8.02. The Morgan fingerprint density at radius 1 is 1.80 bits per heavy atom. The number of aromatic nitrogens is 1. The van der Waals surface area contributed by atoms with Gasteiger partial charge in [-0.25, -0.2) is 4.98 Å². The van der Waals surface area contributed by atoms with Crippen LogP contribution < -0.4 is 4.90 Å². The molecule has 1 unspecified atom stereocenters. The third-order valence-corrected chi connectivity index (χ3v) is 3.70. The quantitative estimate of drug-likeness (QED) is 0.889. The fourth-order valence-electron chi connectivity index (χ4n) is 1.88. The molecular formula is C9H11ClN2O2S. The number of hydrogen-bond acceptors (Lipinski definition) is 4. The van der Waals surface area contributed by atoms with E-state index in [-0.39, 0.29) is 12.5 Å². The summed E-state index contributed by atoms with van der Waals surface area (Å²) >= 11 is 7.22. The average Bonchev–Trinajstić information content (AvgIpc) is 2.72. The highest BCUT2D eigenvalue weighted by atomic mass is 35.5. The largest absolute Gasteiger partial charge is 0.481 e. The summed E-state index contributed by atoms with van der Waals surface area (Å²) in [5, 5.41) is 11.9. The summed E-state index contributed by atoms with van der Waals surface area (Å²) in [6.45, 7) is 0.877. The van der Waals surface area contributed by atoms with Crippen molar-refractivity contribution in [3.05, 3.63) is 10.5 Å². The van der Waals surface area contributed by atoms with Crippen LogP contribution >= 0.6 is 22.9 Å². The number of rotatable bonds is 3. The third-order valence-electron chi connectivity index (χ3n) is 2.50. The minimum atomic E-state index is -0.755. The summed E-state index contributed by atoms with van der Waals surface area (Å²) in [4.78, 5) is 16.9. The molecule has 1 atom stereocenters. The van der Waals surface area contributed by atoms with Crippen molar-refractivity contribution in [2.75, 3.05) is 11.4 Å². The van der Waals surface area contributed by atoms with Crippen LogP contribution in [0.2, 0.25) is 5.15 Å². The van der Waals surface area contributed by atoms with Crippen LogP contribution in [0.15, 0.2) is 5.38 Å². The van der Waals surface area contributed by atoms with Gasteiger partial charge in [0.2, 0.25) is 0 Å². The van der Waals surface area contributed by atoms with E-state index in [9.17, 15) is 4.79 Å². The van der Waals surface area contributed by atoms with Gasteiger partial charge in [-0.1, -0.05) is 11.6 Å². The molecule has 6 heteroatoms. The van der Waals surface area contributed by atoms with Gasteiger partial charge in [0.1, 0.15) is 5.15 Å². The molecule has 0 aliphatic carbocycles. The van der Waals surface area contributed by atoms with Crippen LogP contribution in [0.1, 0.15) is 19.3 Å². The molecule has 2 heterocycles. The highest BCUT2D eigenvalue weighted by Crippen LogP contribution is 2.31. The summed E-state index contributed by atoms with van der Waals surface area (Å²) in [6.07, 6.45) is 2.12. The normalized spacial score (nSPS) is 20.9. The summed E-state index contributed by atoms with van der Waals surface area (Å²) in [7, 11) is 0. The lowest BCUT2D eigenvalue weighted by Crippen LogP contribution is -2.31. The number of carboxylic acid groups (broad SMARTS) is 1. The summed E-state index contributed by atoms with van der Waals surface area (Å²) in [5.74, 6) is -0.755. The lowest BCUT2D eigenvalue weighted by atomic mass is 10.1. The van der Waals surface area contributed by atoms with Crippen molar-refractivity contribution >= 4 is 34.0 Å². The van der Waals surface area contributed by atoms with Gasteiger partial charge in [0.25, 0.3) is 0 Å². The molecule has 0 radical (unpaired) electrons. The fourth-order valence-corrected chi connectivity index (χ4v) is 2.92. The Morgan fingerprint density at radius 2 is 2.60 bits per heavy atom. The SMILES string of the molecule is O=C(O)CC1CCCN1c1nc(Cl)cs1. The van der Waals surface area contributed by atoms with E-state index < -0.39 is 5.97 Å². The first-order chi connectivity index (χ1) is 7.16. The molecule has 1 saturated heterocycles. The van der Waals surface area contributed by atoms with Crippen molar-refractivity contribution < 1.29 is 9.90 Å². The predicted molar refractivity (Wildman–Crippen MR) is 59.7 cm³/mol. The van der Waals surface area contributed by atoms with Crippen LogP contribution in [-0.2, 0) is 4.79 Å². The first kappa shape index (κ1) is 10.7. The van der Waals surface area contributed by atoms with Crippen molar-refractivity contribution in [1.82, 2.24) is 4.98 Å². The number of hydrogen-bond donors (Lipinski definition) is 1. The van der Waals surface area contributed by atoms with Crippen LogP contribution in [0, 0.1) is 0 Å².